The minimum atomic E-state index is -1.15. The predicted molar refractivity (Wildman–Crippen MR) is 49.8 cm³/mol. The second kappa shape index (κ2) is 6.02. The Labute approximate surface area is 106 Å². The van der Waals surface area contributed by atoms with Crippen LogP contribution in [0.5, 0.6) is 0 Å². The summed E-state index contributed by atoms with van der Waals surface area (Å²) in [5.41, 5.74) is 2.74. The van der Waals surface area contributed by atoms with E-state index >= 15 is 0 Å². The molecule has 1 aromatic rings. The van der Waals surface area contributed by atoms with Crippen LogP contribution in [0.2, 0.25) is 0 Å². The third-order valence-corrected chi connectivity index (χ3v) is 1.90. The molecular weight excluding hydrogens is 187 g/mol. The summed E-state index contributed by atoms with van der Waals surface area (Å²) in [5.74, 6) is -1.15. The van der Waals surface area contributed by atoms with Crippen molar-refractivity contribution in [3.05, 3.63) is 41.5 Å². The molecule has 0 spiro atoms. The summed E-state index contributed by atoms with van der Waals surface area (Å²) < 4.78 is 0. The third-order valence-electron chi connectivity index (χ3n) is 1.90. The van der Waals surface area contributed by atoms with Crippen LogP contribution < -0.4 is 34.7 Å². The van der Waals surface area contributed by atoms with Crippen molar-refractivity contribution in [2.24, 2.45) is 0 Å². The van der Waals surface area contributed by atoms with E-state index in [1.165, 1.54) is 0 Å². The van der Waals surface area contributed by atoms with Gasteiger partial charge < -0.3 is 9.90 Å². The Kier molecular flexibility index (Phi) is 5.77. The van der Waals surface area contributed by atoms with Crippen LogP contribution in [0.1, 0.15) is 18.1 Å². The maximum atomic E-state index is 10.3. The molecule has 3 heteroatoms. The summed E-state index contributed by atoms with van der Waals surface area (Å²) in [6, 6.07) is 7.64. The van der Waals surface area contributed by atoms with Gasteiger partial charge in [-0.1, -0.05) is 24.3 Å². The first-order chi connectivity index (χ1) is 6.11. The van der Waals surface area contributed by atoms with Gasteiger partial charge in [0.15, 0.2) is 0 Å². The van der Waals surface area contributed by atoms with Crippen LogP contribution in [0.3, 0.4) is 0 Å². The number of carbonyl (C=O) groups excluding carboxylic acids is 1. The molecule has 1 rings (SSSR count). The molecular formula is C11H11NaO2. The van der Waals surface area contributed by atoms with E-state index in [4.69, 9.17) is 0 Å². The average Bonchev–Trinajstić information content (AvgIpc) is 2.03. The fourth-order valence-electron chi connectivity index (χ4n) is 1.27. The van der Waals surface area contributed by atoms with Gasteiger partial charge in [-0.05, 0) is 36.6 Å². The van der Waals surface area contributed by atoms with Crippen molar-refractivity contribution in [3.8, 4) is 0 Å². The average molecular weight is 198 g/mol. The summed E-state index contributed by atoms with van der Waals surface area (Å²) in [6.07, 6.45) is 1.11. The zero-order chi connectivity index (χ0) is 9.84. The number of allylic oxidation sites excluding steroid dienone is 1. The number of carboxylic acid groups (broad SMARTS) is 1. The van der Waals surface area contributed by atoms with E-state index in [0.717, 1.165) is 22.8 Å². The molecule has 0 atom stereocenters. The van der Waals surface area contributed by atoms with Crippen molar-refractivity contribution in [3.63, 3.8) is 0 Å². The Bertz CT molecular complexity index is 356. The maximum Gasteiger partial charge on any atom is 1.00 e. The topological polar surface area (TPSA) is 40.1 Å². The van der Waals surface area contributed by atoms with Gasteiger partial charge in [-0.15, -0.1) is 0 Å². The summed E-state index contributed by atoms with van der Waals surface area (Å²) in [5, 5.41) is 10.3. The molecule has 0 aromatic heterocycles. The number of rotatable bonds is 2. The first-order valence-electron chi connectivity index (χ1n) is 4.06. The van der Waals surface area contributed by atoms with Crippen LogP contribution in [0.4, 0.5) is 0 Å². The van der Waals surface area contributed by atoms with Gasteiger partial charge in [0.25, 0.3) is 0 Å². The van der Waals surface area contributed by atoms with Crippen LogP contribution in [-0.4, -0.2) is 5.97 Å². The molecule has 14 heavy (non-hydrogen) atoms. The zero-order valence-corrected chi connectivity index (χ0v) is 10.7. The fourth-order valence-corrected chi connectivity index (χ4v) is 1.27. The zero-order valence-electron chi connectivity index (χ0n) is 8.70. The van der Waals surface area contributed by atoms with Gasteiger partial charge in [-0.3, -0.25) is 0 Å². The molecule has 0 bridgehead atoms. The van der Waals surface area contributed by atoms with Crippen LogP contribution in [0.15, 0.2) is 30.3 Å². The van der Waals surface area contributed by atoms with E-state index in [1.54, 1.807) is 6.92 Å². The Morgan fingerprint density at radius 1 is 1.36 bits per heavy atom. The predicted octanol–water partition coefficient (Wildman–Crippen LogP) is -1.85. The van der Waals surface area contributed by atoms with Crippen molar-refractivity contribution in [1.82, 2.24) is 0 Å². The van der Waals surface area contributed by atoms with E-state index in [1.807, 2.05) is 31.2 Å². The molecule has 0 amide bonds. The van der Waals surface area contributed by atoms with Crippen LogP contribution >= 0.6 is 0 Å². The van der Waals surface area contributed by atoms with Gasteiger partial charge in [0, 0.05) is 0 Å². The van der Waals surface area contributed by atoms with Crippen molar-refractivity contribution >= 4 is 11.5 Å². The van der Waals surface area contributed by atoms with Crippen molar-refractivity contribution in [1.29, 1.82) is 0 Å². The minimum Gasteiger partial charge on any atom is -0.545 e. The van der Waals surface area contributed by atoms with E-state index in [2.05, 4.69) is 0 Å². The molecule has 0 unspecified atom stereocenters. The van der Waals surface area contributed by atoms with Gasteiger partial charge in [0.05, 0.1) is 5.97 Å². The van der Waals surface area contributed by atoms with E-state index in [-0.39, 0.29) is 29.6 Å². The van der Waals surface area contributed by atoms with Gasteiger partial charge >= 0.3 is 29.6 Å². The normalized spacial score (nSPS) is 10.6. The van der Waals surface area contributed by atoms with E-state index in [9.17, 15) is 9.90 Å². The summed E-state index contributed by atoms with van der Waals surface area (Å²) in [4.78, 5) is 10.3. The minimum absolute atomic E-state index is 0. The van der Waals surface area contributed by atoms with Gasteiger partial charge in [0.2, 0.25) is 0 Å². The number of hydrogen-bond donors (Lipinski definition) is 0. The second-order valence-electron chi connectivity index (χ2n) is 2.96. The van der Waals surface area contributed by atoms with Gasteiger partial charge in [-0.25, -0.2) is 0 Å². The quantitative estimate of drug-likeness (QED) is 0.413. The third kappa shape index (κ3) is 3.66. The molecule has 0 radical (unpaired) electrons. The second-order valence-corrected chi connectivity index (χ2v) is 2.96. The number of aliphatic carboxylic acids is 1. The standard InChI is InChI=1S/C11H12O2.Na/c1-8-5-3-4-6-10(8)9(2)7-11(12)13;/h3-7H,1-2H3,(H,12,13);/q;+1/p-1. The monoisotopic (exact) mass is 198 g/mol. The first-order valence-corrected chi connectivity index (χ1v) is 4.06. The van der Waals surface area contributed by atoms with Crippen LogP contribution in [0, 0.1) is 6.92 Å². The molecule has 0 N–H and O–H groups in total. The summed E-state index contributed by atoms with van der Waals surface area (Å²) in [6.45, 7) is 3.71. The Balaban J connectivity index is 0.00000169. The van der Waals surface area contributed by atoms with Crippen molar-refractivity contribution in [2.45, 2.75) is 13.8 Å². The largest absolute Gasteiger partial charge is 1.00 e. The SMILES string of the molecule is CC(=CC(=O)[O-])c1ccccc1C.[Na+]. The molecule has 0 saturated heterocycles. The Hall–Kier alpha value is -0.570. The van der Waals surface area contributed by atoms with Crippen LogP contribution in [0.25, 0.3) is 5.57 Å². The summed E-state index contributed by atoms with van der Waals surface area (Å²) >= 11 is 0. The molecule has 0 fully saturated rings. The molecule has 0 saturated carbocycles. The van der Waals surface area contributed by atoms with Gasteiger partial charge in [-0.2, -0.15) is 0 Å². The fraction of sp³-hybridized carbons (Fsp3) is 0.182. The summed E-state index contributed by atoms with van der Waals surface area (Å²) in [7, 11) is 0. The van der Waals surface area contributed by atoms with Crippen molar-refractivity contribution < 1.29 is 39.5 Å². The Morgan fingerprint density at radius 2 is 1.93 bits per heavy atom. The number of benzene rings is 1. The molecule has 1 aromatic carbocycles. The number of hydrogen-bond acceptors (Lipinski definition) is 2. The smallest absolute Gasteiger partial charge is 0.545 e. The number of carboxylic acids is 1. The first kappa shape index (κ1) is 13.4. The number of carbonyl (C=O) groups is 1. The molecule has 68 valence electrons. The van der Waals surface area contributed by atoms with E-state index < -0.39 is 5.97 Å². The van der Waals surface area contributed by atoms with Crippen molar-refractivity contribution in [2.75, 3.05) is 0 Å². The van der Waals surface area contributed by atoms with Gasteiger partial charge in [0.1, 0.15) is 0 Å². The molecule has 0 aliphatic heterocycles. The Morgan fingerprint density at radius 3 is 2.43 bits per heavy atom. The molecule has 2 nitrogen and oxygen atoms in total. The molecule has 0 aliphatic carbocycles. The molecule has 0 heterocycles. The molecule has 0 aliphatic rings. The van der Waals surface area contributed by atoms with E-state index in [0.29, 0.717) is 0 Å². The number of aryl methyl sites for hydroxylation is 1. The van der Waals surface area contributed by atoms with Crippen LogP contribution in [-0.2, 0) is 4.79 Å². The maximum absolute atomic E-state index is 10.3.